The number of methoxy groups -OCH3 is 1. The largest absolute Gasteiger partial charge is 0.496 e. The molecule has 0 saturated carbocycles. The Labute approximate surface area is 168 Å². The Balaban J connectivity index is 1.55. The van der Waals surface area contributed by atoms with Crippen LogP contribution in [0.2, 0.25) is 0 Å². The van der Waals surface area contributed by atoms with Gasteiger partial charge in [0.15, 0.2) is 0 Å². The number of rotatable bonds is 5. The highest BCUT2D eigenvalue weighted by atomic mass is 16.5. The third-order valence-electron chi connectivity index (χ3n) is 4.50. The molecule has 0 fully saturated rings. The molecule has 5 nitrogen and oxygen atoms in total. The lowest BCUT2D eigenvalue weighted by Gasteiger charge is -2.12. The SMILES string of the molecule is COc1ccc2ccccc2c1C(=O)Nc1ccc(N=Nc2ccccc2)cc1. The Morgan fingerprint density at radius 1 is 0.759 bits per heavy atom. The van der Waals surface area contributed by atoms with Gasteiger partial charge in [0, 0.05) is 5.69 Å². The summed E-state index contributed by atoms with van der Waals surface area (Å²) in [5, 5.41) is 13.2. The van der Waals surface area contributed by atoms with E-state index in [2.05, 4.69) is 15.5 Å². The zero-order valence-electron chi connectivity index (χ0n) is 15.9. The fraction of sp³-hybridized carbons (Fsp3) is 0.0417. The predicted octanol–water partition coefficient (Wildman–Crippen LogP) is 6.52. The maximum Gasteiger partial charge on any atom is 0.260 e. The molecule has 4 rings (SSSR count). The molecule has 4 aromatic rings. The Morgan fingerprint density at radius 2 is 1.41 bits per heavy atom. The van der Waals surface area contributed by atoms with Crippen molar-refractivity contribution in [3.05, 3.63) is 96.6 Å². The van der Waals surface area contributed by atoms with E-state index in [1.54, 1.807) is 19.2 Å². The summed E-state index contributed by atoms with van der Waals surface area (Å²) in [6.45, 7) is 0. The van der Waals surface area contributed by atoms with Gasteiger partial charge in [-0.15, -0.1) is 0 Å². The molecule has 0 spiro atoms. The summed E-state index contributed by atoms with van der Waals surface area (Å²) < 4.78 is 5.42. The van der Waals surface area contributed by atoms with Gasteiger partial charge in [-0.25, -0.2) is 0 Å². The summed E-state index contributed by atoms with van der Waals surface area (Å²) in [6.07, 6.45) is 0. The third-order valence-corrected chi connectivity index (χ3v) is 4.50. The van der Waals surface area contributed by atoms with Crippen LogP contribution in [-0.4, -0.2) is 13.0 Å². The molecule has 142 valence electrons. The minimum absolute atomic E-state index is 0.225. The van der Waals surface area contributed by atoms with Crippen LogP contribution in [0, 0.1) is 0 Å². The number of anilines is 1. The van der Waals surface area contributed by atoms with E-state index in [0.717, 1.165) is 16.5 Å². The van der Waals surface area contributed by atoms with Crippen molar-refractivity contribution in [2.75, 3.05) is 12.4 Å². The first-order valence-corrected chi connectivity index (χ1v) is 9.18. The van der Waals surface area contributed by atoms with Crippen molar-refractivity contribution in [3.63, 3.8) is 0 Å². The van der Waals surface area contributed by atoms with E-state index in [1.807, 2.05) is 78.9 Å². The summed E-state index contributed by atoms with van der Waals surface area (Å²) in [7, 11) is 1.56. The van der Waals surface area contributed by atoms with Crippen LogP contribution in [0.5, 0.6) is 5.75 Å². The average molecular weight is 381 g/mol. The minimum atomic E-state index is -0.225. The number of nitrogens with one attached hydrogen (secondary N) is 1. The average Bonchev–Trinajstić information content (AvgIpc) is 2.78. The summed E-state index contributed by atoms with van der Waals surface area (Å²) in [5.41, 5.74) is 2.67. The van der Waals surface area contributed by atoms with E-state index in [-0.39, 0.29) is 5.91 Å². The van der Waals surface area contributed by atoms with Crippen LogP contribution in [0.3, 0.4) is 0 Å². The Morgan fingerprint density at radius 3 is 2.14 bits per heavy atom. The van der Waals surface area contributed by atoms with E-state index in [9.17, 15) is 4.79 Å². The van der Waals surface area contributed by atoms with Crippen LogP contribution in [0.25, 0.3) is 10.8 Å². The fourth-order valence-corrected chi connectivity index (χ4v) is 3.07. The number of ether oxygens (including phenoxy) is 1. The second-order valence-corrected chi connectivity index (χ2v) is 6.40. The minimum Gasteiger partial charge on any atom is -0.496 e. The summed E-state index contributed by atoms with van der Waals surface area (Å²) in [4.78, 5) is 13.0. The van der Waals surface area contributed by atoms with Gasteiger partial charge in [0.25, 0.3) is 5.91 Å². The maximum absolute atomic E-state index is 13.0. The third kappa shape index (κ3) is 4.14. The van der Waals surface area contributed by atoms with Gasteiger partial charge in [-0.05, 0) is 53.2 Å². The Kier molecular flexibility index (Phi) is 5.29. The van der Waals surface area contributed by atoms with Crippen LogP contribution in [-0.2, 0) is 0 Å². The molecule has 0 atom stereocenters. The van der Waals surface area contributed by atoms with Gasteiger partial charge in [0.1, 0.15) is 5.75 Å². The number of hydrogen-bond donors (Lipinski definition) is 1. The van der Waals surface area contributed by atoms with E-state index >= 15 is 0 Å². The molecule has 1 amide bonds. The first-order chi connectivity index (χ1) is 14.2. The van der Waals surface area contributed by atoms with Crippen molar-refractivity contribution < 1.29 is 9.53 Å². The van der Waals surface area contributed by atoms with Gasteiger partial charge in [-0.1, -0.05) is 48.5 Å². The molecule has 0 aromatic heterocycles. The van der Waals surface area contributed by atoms with E-state index in [0.29, 0.717) is 22.7 Å². The monoisotopic (exact) mass is 381 g/mol. The summed E-state index contributed by atoms with van der Waals surface area (Å²) >= 11 is 0. The van der Waals surface area contributed by atoms with Crippen molar-refractivity contribution in [1.29, 1.82) is 0 Å². The molecule has 0 aliphatic carbocycles. The van der Waals surface area contributed by atoms with E-state index in [4.69, 9.17) is 4.74 Å². The Bertz CT molecular complexity index is 1170. The number of carbonyl (C=O) groups is 1. The summed E-state index contributed by atoms with van der Waals surface area (Å²) in [5.74, 6) is 0.312. The number of fused-ring (bicyclic) bond motifs is 1. The second-order valence-electron chi connectivity index (χ2n) is 6.40. The van der Waals surface area contributed by atoms with Crippen molar-refractivity contribution in [1.82, 2.24) is 0 Å². The first-order valence-electron chi connectivity index (χ1n) is 9.18. The van der Waals surface area contributed by atoms with Gasteiger partial charge in [0.05, 0.1) is 24.0 Å². The lowest BCUT2D eigenvalue weighted by Crippen LogP contribution is -2.13. The van der Waals surface area contributed by atoms with Gasteiger partial charge < -0.3 is 10.1 Å². The molecule has 0 heterocycles. The maximum atomic E-state index is 13.0. The standard InChI is InChI=1S/C24H19N3O2/c1-29-22-16-11-17-7-5-6-10-21(17)23(22)24(28)25-18-12-14-20(15-13-18)27-26-19-8-3-2-4-9-19/h2-16H,1H3,(H,25,28). The van der Waals surface area contributed by atoms with Crippen molar-refractivity contribution in [2.45, 2.75) is 0 Å². The van der Waals surface area contributed by atoms with E-state index < -0.39 is 0 Å². The quantitative estimate of drug-likeness (QED) is 0.400. The predicted molar refractivity (Wildman–Crippen MR) is 116 cm³/mol. The molecule has 0 radical (unpaired) electrons. The lowest BCUT2D eigenvalue weighted by atomic mass is 10.0. The Hall–Kier alpha value is -3.99. The van der Waals surface area contributed by atoms with E-state index in [1.165, 1.54) is 0 Å². The number of carbonyl (C=O) groups excluding carboxylic acids is 1. The number of benzene rings is 4. The lowest BCUT2D eigenvalue weighted by molar-refractivity contribution is 0.102. The summed E-state index contributed by atoms with van der Waals surface area (Å²) in [6, 6.07) is 28.2. The van der Waals surface area contributed by atoms with Crippen LogP contribution in [0.15, 0.2) is 101 Å². The molecule has 4 aromatic carbocycles. The number of hydrogen-bond acceptors (Lipinski definition) is 4. The van der Waals surface area contributed by atoms with Crippen molar-refractivity contribution >= 4 is 33.7 Å². The smallest absolute Gasteiger partial charge is 0.260 e. The highest BCUT2D eigenvalue weighted by Gasteiger charge is 2.16. The molecular weight excluding hydrogens is 362 g/mol. The van der Waals surface area contributed by atoms with Crippen molar-refractivity contribution in [3.8, 4) is 5.75 Å². The second kappa shape index (κ2) is 8.35. The van der Waals surface area contributed by atoms with Crippen LogP contribution in [0.1, 0.15) is 10.4 Å². The zero-order chi connectivity index (χ0) is 20.1. The van der Waals surface area contributed by atoms with Crippen LogP contribution in [0.4, 0.5) is 17.1 Å². The van der Waals surface area contributed by atoms with Gasteiger partial charge in [-0.3, -0.25) is 4.79 Å². The molecule has 0 bridgehead atoms. The molecule has 0 unspecified atom stereocenters. The number of amides is 1. The molecule has 0 aliphatic rings. The highest BCUT2D eigenvalue weighted by molar-refractivity contribution is 6.15. The molecular formula is C24H19N3O2. The zero-order valence-corrected chi connectivity index (χ0v) is 15.9. The molecule has 0 saturated heterocycles. The normalized spacial score (nSPS) is 10.9. The number of azo groups is 1. The molecule has 1 N–H and O–H groups in total. The van der Waals surface area contributed by atoms with Crippen molar-refractivity contribution in [2.24, 2.45) is 10.2 Å². The van der Waals surface area contributed by atoms with Gasteiger partial charge in [0.2, 0.25) is 0 Å². The molecule has 29 heavy (non-hydrogen) atoms. The molecule has 0 aliphatic heterocycles. The molecule has 5 heteroatoms. The highest BCUT2D eigenvalue weighted by Crippen LogP contribution is 2.29. The number of nitrogens with zero attached hydrogens (tertiary/aromatic N) is 2. The van der Waals surface area contributed by atoms with Crippen LogP contribution < -0.4 is 10.1 Å². The van der Waals surface area contributed by atoms with Gasteiger partial charge >= 0.3 is 0 Å². The first kappa shape index (κ1) is 18.4. The van der Waals surface area contributed by atoms with Gasteiger partial charge in [-0.2, -0.15) is 10.2 Å². The fourth-order valence-electron chi connectivity index (χ4n) is 3.07. The topological polar surface area (TPSA) is 63.0 Å². The van der Waals surface area contributed by atoms with Crippen LogP contribution >= 0.6 is 0 Å².